The van der Waals surface area contributed by atoms with Crippen LogP contribution in [-0.2, 0) is 12.7 Å². The molecule has 0 N–H and O–H groups in total. The van der Waals surface area contributed by atoms with Gasteiger partial charge in [0.15, 0.2) is 0 Å². The smallest absolute Gasteiger partial charge is 0.301 e. The van der Waals surface area contributed by atoms with Crippen LogP contribution in [0.5, 0.6) is 0 Å². The van der Waals surface area contributed by atoms with E-state index in [1.165, 1.54) is 0 Å². The quantitative estimate of drug-likeness (QED) is 0.569. The molecule has 4 nitrogen and oxygen atoms in total. The molecule has 0 aliphatic carbocycles. The molecule has 0 saturated carbocycles. The lowest BCUT2D eigenvalue weighted by atomic mass is 15.7. The van der Waals surface area contributed by atoms with Gasteiger partial charge in [0.25, 0.3) is 0 Å². The fraction of sp³-hybridized carbons (Fsp3) is 0. The van der Waals surface area contributed by atoms with Gasteiger partial charge >= 0.3 is 7.82 Å². The standard InChI is InChI=1S/Cl2HO4P/c1-5-7(3,4)6-2/h(H,3,4)/p-1. The number of phosphoric acid groups is 1. The molecule has 0 saturated heterocycles. The van der Waals surface area contributed by atoms with Gasteiger partial charge in [-0.05, 0) is 0 Å². The lowest BCUT2D eigenvalue weighted by molar-refractivity contribution is -0.207. The van der Waals surface area contributed by atoms with E-state index in [1.54, 1.807) is 0 Å². The molecule has 44 valence electrons. The van der Waals surface area contributed by atoms with Crippen molar-refractivity contribution in [2.24, 2.45) is 0 Å². The van der Waals surface area contributed by atoms with E-state index in [-0.39, 0.29) is 0 Å². The Morgan fingerprint density at radius 3 is 1.71 bits per heavy atom. The normalized spacial score (nSPS) is 11.9. The van der Waals surface area contributed by atoms with Gasteiger partial charge < -0.3 is 4.89 Å². The Morgan fingerprint density at radius 1 is 1.43 bits per heavy atom. The largest absolute Gasteiger partial charge is 0.754 e. The molecule has 0 radical (unpaired) electrons. The molecule has 0 spiro atoms. The zero-order chi connectivity index (χ0) is 5.91. The van der Waals surface area contributed by atoms with Gasteiger partial charge in [-0.3, -0.25) is 4.57 Å². The summed E-state index contributed by atoms with van der Waals surface area (Å²) in [5, 5.41) is 0. The Hall–Kier alpha value is 0.690. The summed E-state index contributed by atoms with van der Waals surface area (Å²) < 4.78 is 16.1. The van der Waals surface area contributed by atoms with E-state index in [0.29, 0.717) is 0 Å². The van der Waals surface area contributed by atoms with E-state index in [1.807, 2.05) is 0 Å². The van der Waals surface area contributed by atoms with Crippen LogP contribution in [0.2, 0.25) is 0 Å². The van der Waals surface area contributed by atoms with Crippen LogP contribution in [0.3, 0.4) is 0 Å². The molecule has 0 amide bonds. The molecule has 0 unspecified atom stereocenters. The molecule has 0 fully saturated rings. The minimum absolute atomic E-state index is 3.20. The summed E-state index contributed by atoms with van der Waals surface area (Å²) in [5.74, 6) is 0. The number of rotatable bonds is 2. The number of hydrogen-bond donors (Lipinski definition) is 0. The van der Waals surface area contributed by atoms with Gasteiger partial charge in [-0.2, -0.15) is 0 Å². The molecule has 0 aromatic rings. The first-order valence-electron chi connectivity index (χ1n) is 1.04. The van der Waals surface area contributed by atoms with E-state index in [0.717, 1.165) is 0 Å². The minimum atomic E-state index is -4.37. The van der Waals surface area contributed by atoms with E-state index in [2.05, 4.69) is 31.9 Å². The monoisotopic (exact) mass is 165 g/mol. The van der Waals surface area contributed by atoms with Gasteiger partial charge in [0.2, 0.25) is 0 Å². The predicted octanol–water partition coefficient (Wildman–Crippen LogP) is 0.796. The zero-order valence-electron chi connectivity index (χ0n) is 2.84. The molecule has 0 aromatic carbocycles. The van der Waals surface area contributed by atoms with Crippen molar-refractivity contribution in [3.63, 3.8) is 0 Å². The highest BCUT2D eigenvalue weighted by Crippen LogP contribution is 2.40. The summed E-state index contributed by atoms with van der Waals surface area (Å²) in [6.07, 6.45) is 0. The maximum absolute atomic E-state index is 9.69. The maximum Gasteiger partial charge on any atom is 0.301 e. The van der Waals surface area contributed by atoms with Gasteiger partial charge in [0.1, 0.15) is 0 Å². The molecule has 0 aromatic heterocycles. The summed E-state index contributed by atoms with van der Waals surface area (Å²) >= 11 is 8.62. The van der Waals surface area contributed by atoms with Gasteiger partial charge in [-0.1, -0.05) is 0 Å². The van der Waals surface area contributed by atoms with Gasteiger partial charge in [0.05, 0.1) is 23.7 Å². The molecule has 0 atom stereocenters. The highest BCUT2D eigenvalue weighted by Gasteiger charge is 2.04. The van der Waals surface area contributed by atoms with Crippen molar-refractivity contribution in [1.29, 1.82) is 0 Å². The average molecular weight is 166 g/mol. The molecule has 0 aliphatic heterocycles. The molecule has 0 bridgehead atoms. The summed E-state index contributed by atoms with van der Waals surface area (Å²) in [5.41, 5.74) is 0. The molecule has 0 aliphatic rings. The van der Waals surface area contributed by atoms with Crippen LogP contribution in [0.25, 0.3) is 0 Å². The zero-order valence-corrected chi connectivity index (χ0v) is 5.24. The first-order chi connectivity index (χ1) is 3.12. The van der Waals surface area contributed by atoms with Gasteiger partial charge in [-0.15, -0.1) is 0 Å². The third-order valence-corrected chi connectivity index (χ3v) is 1.52. The maximum atomic E-state index is 9.69. The van der Waals surface area contributed by atoms with E-state index in [9.17, 15) is 9.46 Å². The predicted molar refractivity (Wildman–Crippen MR) is 21.5 cm³/mol. The molecular weight excluding hydrogens is 166 g/mol. The van der Waals surface area contributed by atoms with Crippen molar-refractivity contribution in [2.45, 2.75) is 0 Å². The Morgan fingerprint density at radius 2 is 1.71 bits per heavy atom. The molecular formula is Cl2O4P-. The Bertz CT molecular complexity index is 81.7. The summed E-state index contributed by atoms with van der Waals surface area (Å²) in [4.78, 5) is 9.69. The Labute approximate surface area is 49.9 Å². The SMILES string of the molecule is O=P([O-])(OCl)OCl. The van der Waals surface area contributed by atoms with E-state index in [4.69, 9.17) is 0 Å². The van der Waals surface area contributed by atoms with Crippen LogP contribution in [0, 0.1) is 0 Å². The third kappa shape index (κ3) is 3.29. The van der Waals surface area contributed by atoms with Crippen LogP contribution in [0.1, 0.15) is 0 Å². The van der Waals surface area contributed by atoms with Crippen molar-refractivity contribution >= 4 is 31.6 Å². The molecule has 7 heavy (non-hydrogen) atoms. The summed E-state index contributed by atoms with van der Waals surface area (Å²) in [6, 6.07) is 0. The van der Waals surface area contributed by atoms with E-state index < -0.39 is 7.82 Å². The van der Waals surface area contributed by atoms with Crippen LogP contribution in [-0.4, -0.2) is 0 Å². The van der Waals surface area contributed by atoms with Crippen LogP contribution in [0.15, 0.2) is 0 Å². The Kier molecular flexibility index (Phi) is 3.15. The second-order valence-corrected chi connectivity index (χ2v) is 2.58. The average Bonchev–Trinajstić information content (AvgIpc) is 1.68. The molecule has 0 rings (SSSR count). The van der Waals surface area contributed by atoms with Gasteiger partial charge in [0, 0.05) is 0 Å². The highest BCUT2D eigenvalue weighted by molar-refractivity contribution is 7.47. The highest BCUT2D eigenvalue weighted by atomic mass is 35.5. The summed E-state index contributed by atoms with van der Waals surface area (Å²) in [6.45, 7) is 0. The van der Waals surface area contributed by atoms with Crippen molar-refractivity contribution in [3.05, 3.63) is 0 Å². The molecule has 0 heterocycles. The lowest BCUT2D eigenvalue weighted by Crippen LogP contribution is -1.98. The van der Waals surface area contributed by atoms with E-state index >= 15 is 0 Å². The van der Waals surface area contributed by atoms with Crippen LogP contribution >= 0.6 is 31.6 Å². The fourth-order valence-corrected chi connectivity index (χ4v) is 0.287. The van der Waals surface area contributed by atoms with Crippen molar-refractivity contribution in [1.82, 2.24) is 0 Å². The molecule has 7 heteroatoms. The van der Waals surface area contributed by atoms with Crippen molar-refractivity contribution in [3.8, 4) is 0 Å². The lowest BCUT2D eigenvalue weighted by Gasteiger charge is -2.10. The van der Waals surface area contributed by atoms with Crippen molar-refractivity contribution in [2.75, 3.05) is 0 Å². The second-order valence-electron chi connectivity index (χ2n) is 0.585. The van der Waals surface area contributed by atoms with Crippen LogP contribution in [0.4, 0.5) is 0 Å². The minimum Gasteiger partial charge on any atom is -0.754 e. The number of hydrogen-bond acceptors (Lipinski definition) is 4. The Balaban J connectivity index is 3.61. The topological polar surface area (TPSA) is 58.6 Å². The first kappa shape index (κ1) is 7.69. The van der Waals surface area contributed by atoms with Crippen molar-refractivity contribution < 1.29 is 17.6 Å². The first-order valence-corrected chi connectivity index (χ1v) is 3.12. The third-order valence-electron chi connectivity index (χ3n) is 0.169. The second kappa shape index (κ2) is 2.87. The van der Waals surface area contributed by atoms with Gasteiger partial charge in [-0.25, -0.2) is 8.15 Å². The number of halogens is 2. The van der Waals surface area contributed by atoms with Crippen LogP contribution < -0.4 is 4.89 Å². The fourth-order valence-electron chi connectivity index (χ4n) is 0.0106. The summed E-state index contributed by atoms with van der Waals surface area (Å²) in [7, 11) is -4.37.